The third-order valence-corrected chi connectivity index (χ3v) is 2.94. The molecule has 8 heteroatoms. The number of nitrogens with zero attached hydrogens (tertiary/aromatic N) is 3. The Hall–Kier alpha value is -1.72. The number of aliphatic imine (C=N–C) groups is 1. The lowest BCUT2D eigenvalue weighted by molar-refractivity contribution is 0.942. The second-order valence-electron chi connectivity index (χ2n) is 3.14. The number of aromatic nitrogens is 2. The third kappa shape index (κ3) is 4.76. The molecule has 1 aromatic rings. The number of nitriles is 1. The Kier molecular flexibility index (Phi) is 5.92. The van der Waals surface area contributed by atoms with Gasteiger partial charge in [0.05, 0.1) is 18.6 Å². The average molecular weight is 253 g/mol. The van der Waals surface area contributed by atoms with Crippen molar-refractivity contribution in [1.29, 1.82) is 5.26 Å². The van der Waals surface area contributed by atoms with Crippen molar-refractivity contribution in [1.82, 2.24) is 20.7 Å². The second-order valence-corrected chi connectivity index (χ2v) is 4.24. The Labute approximate surface area is 104 Å². The number of thioether (sulfide) groups is 1. The van der Waals surface area contributed by atoms with E-state index in [1.807, 2.05) is 6.92 Å². The zero-order valence-electron chi connectivity index (χ0n) is 9.53. The average Bonchev–Trinajstić information content (AvgIpc) is 2.73. The number of nitrogens with two attached hydrogens (primary N) is 1. The summed E-state index contributed by atoms with van der Waals surface area (Å²) in [5.41, 5.74) is 4.46. The number of H-pyrrole nitrogens is 1. The van der Waals surface area contributed by atoms with Gasteiger partial charge in [0.25, 0.3) is 0 Å². The van der Waals surface area contributed by atoms with Crippen LogP contribution in [-0.4, -0.2) is 28.2 Å². The second kappa shape index (κ2) is 7.54. The van der Waals surface area contributed by atoms with Gasteiger partial charge in [-0.05, 0) is 6.92 Å². The highest BCUT2D eigenvalue weighted by Crippen LogP contribution is 2.11. The zero-order valence-corrected chi connectivity index (χ0v) is 10.3. The SMILES string of the molecule is Cc1[nH]cnc1CSCCN=C(NN)NC#N. The Balaban J connectivity index is 2.20. The molecular weight excluding hydrogens is 238 g/mol. The van der Waals surface area contributed by atoms with Gasteiger partial charge < -0.3 is 4.98 Å². The summed E-state index contributed by atoms with van der Waals surface area (Å²) in [5.74, 6) is 7.12. The van der Waals surface area contributed by atoms with E-state index in [0.717, 1.165) is 22.9 Å². The normalized spacial score (nSPS) is 11.0. The molecule has 0 aliphatic carbocycles. The molecule has 0 saturated heterocycles. The van der Waals surface area contributed by atoms with E-state index in [9.17, 15) is 0 Å². The van der Waals surface area contributed by atoms with Crippen molar-refractivity contribution in [2.45, 2.75) is 12.7 Å². The Morgan fingerprint density at radius 1 is 1.76 bits per heavy atom. The van der Waals surface area contributed by atoms with Crippen molar-refractivity contribution in [3.05, 3.63) is 17.7 Å². The maximum Gasteiger partial charge on any atom is 0.219 e. The van der Waals surface area contributed by atoms with E-state index in [2.05, 4.69) is 25.7 Å². The van der Waals surface area contributed by atoms with Crippen molar-refractivity contribution in [2.24, 2.45) is 10.8 Å². The smallest absolute Gasteiger partial charge is 0.219 e. The molecule has 0 unspecified atom stereocenters. The fraction of sp³-hybridized carbons (Fsp3) is 0.444. The van der Waals surface area contributed by atoms with Crippen LogP contribution in [0.5, 0.6) is 0 Å². The summed E-state index contributed by atoms with van der Waals surface area (Å²) in [7, 11) is 0. The lowest BCUT2D eigenvalue weighted by atomic mass is 10.4. The Morgan fingerprint density at radius 3 is 3.18 bits per heavy atom. The fourth-order valence-electron chi connectivity index (χ4n) is 1.10. The monoisotopic (exact) mass is 253 g/mol. The summed E-state index contributed by atoms with van der Waals surface area (Å²) in [6.07, 6.45) is 3.44. The first kappa shape index (κ1) is 13.3. The summed E-state index contributed by atoms with van der Waals surface area (Å²) in [5, 5.41) is 10.7. The van der Waals surface area contributed by atoms with E-state index < -0.39 is 0 Å². The van der Waals surface area contributed by atoms with Crippen LogP contribution in [0.3, 0.4) is 0 Å². The highest BCUT2D eigenvalue weighted by atomic mass is 32.2. The van der Waals surface area contributed by atoms with Crippen LogP contribution in [-0.2, 0) is 5.75 Å². The van der Waals surface area contributed by atoms with Gasteiger partial charge in [-0.25, -0.2) is 10.8 Å². The van der Waals surface area contributed by atoms with Gasteiger partial charge in [0.1, 0.15) is 0 Å². The molecule has 0 atom stereocenters. The predicted octanol–water partition coefficient (Wildman–Crippen LogP) is -0.159. The number of nitrogens with one attached hydrogen (secondary N) is 3. The quantitative estimate of drug-likeness (QED) is 0.110. The third-order valence-electron chi connectivity index (χ3n) is 1.99. The molecule has 0 saturated carbocycles. The van der Waals surface area contributed by atoms with Crippen LogP contribution in [0.25, 0.3) is 0 Å². The standard InChI is InChI=1S/C9H15N7S/c1-7-8(15-6-14-7)4-17-3-2-12-9(16-11)13-5-10/h6H,2-4,11H2,1H3,(H,14,15)(H2,12,13,16). The number of hydrazine groups is 1. The van der Waals surface area contributed by atoms with Crippen molar-refractivity contribution in [2.75, 3.05) is 12.3 Å². The summed E-state index contributed by atoms with van der Waals surface area (Å²) < 4.78 is 0. The van der Waals surface area contributed by atoms with Crippen LogP contribution in [0.2, 0.25) is 0 Å². The highest BCUT2D eigenvalue weighted by Gasteiger charge is 2.00. The van der Waals surface area contributed by atoms with Crippen LogP contribution < -0.4 is 16.6 Å². The molecule has 5 N–H and O–H groups in total. The number of hydrogen-bond donors (Lipinski definition) is 4. The van der Waals surface area contributed by atoms with Crippen molar-refractivity contribution in [3.63, 3.8) is 0 Å². The van der Waals surface area contributed by atoms with Crippen LogP contribution >= 0.6 is 11.8 Å². The number of imidazole rings is 1. The van der Waals surface area contributed by atoms with Crippen LogP contribution in [0, 0.1) is 18.4 Å². The van der Waals surface area contributed by atoms with Gasteiger partial charge in [0, 0.05) is 17.2 Å². The summed E-state index contributed by atoms with van der Waals surface area (Å²) in [6.45, 7) is 2.58. The Bertz CT molecular complexity index is 406. The first-order chi connectivity index (χ1) is 8.27. The Morgan fingerprint density at radius 2 is 2.59 bits per heavy atom. The van der Waals surface area contributed by atoms with Crippen LogP contribution in [0.4, 0.5) is 0 Å². The topological polar surface area (TPSA) is 115 Å². The predicted molar refractivity (Wildman–Crippen MR) is 67.9 cm³/mol. The molecule has 0 radical (unpaired) electrons. The molecule has 0 aromatic carbocycles. The number of rotatable bonds is 5. The van der Waals surface area contributed by atoms with E-state index in [4.69, 9.17) is 11.1 Å². The number of aryl methyl sites for hydroxylation is 1. The molecule has 0 fully saturated rings. The van der Waals surface area contributed by atoms with E-state index in [0.29, 0.717) is 6.54 Å². The van der Waals surface area contributed by atoms with Gasteiger partial charge in [-0.2, -0.15) is 17.0 Å². The molecule has 1 heterocycles. The maximum atomic E-state index is 8.37. The first-order valence-corrected chi connectivity index (χ1v) is 6.16. The van der Waals surface area contributed by atoms with Gasteiger partial charge >= 0.3 is 0 Å². The minimum atomic E-state index is 0.282. The molecule has 0 spiro atoms. The summed E-state index contributed by atoms with van der Waals surface area (Å²) in [6, 6.07) is 0. The summed E-state index contributed by atoms with van der Waals surface area (Å²) >= 11 is 1.73. The van der Waals surface area contributed by atoms with Crippen molar-refractivity contribution < 1.29 is 0 Å². The molecular formula is C9H15N7S. The van der Waals surface area contributed by atoms with Crippen molar-refractivity contribution in [3.8, 4) is 6.19 Å². The molecule has 17 heavy (non-hydrogen) atoms. The van der Waals surface area contributed by atoms with E-state index in [1.54, 1.807) is 24.3 Å². The van der Waals surface area contributed by atoms with Gasteiger partial charge in [0.2, 0.25) is 5.96 Å². The molecule has 0 amide bonds. The molecule has 92 valence electrons. The summed E-state index contributed by atoms with van der Waals surface area (Å²) in [4.78, 5) is 11.3. The zero-order chi connectivity index (χ0) is 12.5. The number of aromatic amines is 1. The molecule has 7 nitrogen and oxygen atoms in total. The highest BCUT2D eigenvalue weighted by molar-refractivity contribution is 7.98. The van der Waals surface area contributed by atoms with E-state index >= 15 is 0 Å². The van der Waals surface area contributed by atoms with E-state index in [1.165, 1.54) is 0 Å². The first-order valence-electron chi connectivity index (χ1n) is 5.00. The fourth-order valence-corrected chi connectivity index (χ4v) is 1.95. The largest absolute Gasteiger partial charge is 0.348 e. The van der Waals surface area contributed by atoms with Gasteiger partial charge in [-0.1, -0.05) is 0 Å². The molecule has 1 aromatic heterocycles. The maximum absolute atomic E-state index is 8.37. The van der Waals surface area contributed by atoms with Gasteiger partial charge in [0.15, 0.2) is 6.19 Å². The van der Waals surface area contributed by atoms with E-state index in [-0.39, 0.29) is 5.96 Å². The van der Waals surface area contributed by atoms with Crippen LogP contribution in [0.15, 0.2) is 11.3 Å². The molecule has 0 bridgehead atoms. The molecule has 1 rings (SSSR count). The minimum absolute atomic E-state index is 0.282. The molecule has 0 aliphatic rings. The lowest BCUT2D eigenvalue weighted by Crippen LogP contribution is -2.39. The molecule has 0 aliphatic heterocycles. The van der Waals surface area contributed by atoms with Crippen LogP contribution in [0.1, 0.15) is 11.4 Å². The van der Waals surface area contributed by atoms with Crippen molar-refractivity contribution >= 4 is 17.7 Å². The van der Waals surface area contributed by atoms with Gasteiger partial charge in [-0.15, -0.1) is 0 Å². The lowest BCUT2D eigenvalue weighted by Gasteiger charge is -2.02. The van der Waals surface area contributed by atoms with Gasteiger partial charge in [-0.3, -0.25) is 15.7 Å². The minimum Gasteiger partial charge on any atom is -0.348 e. The number of hydrogen-bond acceptors (Lipinski definition) is 5. The number of guanidine groups is 1.